The van der Waals surface area contributed by atoms with Crippen LogP contribution in [0.1, 0.15) is 12.5 Å². The van der Waals surface area contributed by atoms with Crippen LogP contribution in [0.15, 0.2) is 39.7 Å². The summed E-state index contributed by atoms with van der Waals surface area (Å²) < 4.78 is 1.39. The van der Waals surface area contributed by atoms with Crippen LogP contribution in [0.5, 0.6) is 0 Å². The van der Waals surface area contributed by atoms with Crippen LogP contribution in [0, 0.1) is 16.0 Å². The predicted octanol–water partition coefficient (Wildman–Crippen LogP) is 2.44. The lowest BCUT2D eigenvalue weighted by atomic mass is 9.99. The topological polar surface area (TPSA) is 95.9 Å². The largest absolute Gasteiger partial charge is 0.445 e. The highest BCUT2D eigenvalue weighted by atomic mass is 32.2. The van der Waals surface area contributed by atoms with Crippen molar-refractivity contribution in [3.63, 3.8) is 0 Å². The van der Waals surface area contributed by atoms with Gasteiger partial charge in [0, 0.05) is 22.8 Å². The molecule has 1 atom stereocenters. The molecule has 9 heteroatoms. The van der Waals surface area contributed by atoms with E-state index in [1.165, 1.54) is 35.5 Å². The minimum Gasteiger partial charge on any atom is -0.258 e. The normalized spacial score (nSPS) is 20.0. The average Bonchev–Trinajstić information content (AvgIpc) is 2.63. The Kier molecular flexibility index (Phi) is 4.73. The second-order valence-corrected chi connectivity index (χ2v) is 7.06. The SMILES string of the molecule is CC1=C(SCc2ccc([N+](=O)[O-])cc2)C2C(=O)N(C)C(=O)[N+](C)=C2N=C1. The fourth-order valence-corrected chi connectivity index (χ4v) is 4.00. The Labute approximate surface area is 154 Å². The summed E-state index contributed by atoms with van der Waals surface area (Å²) in [6.45, 7) is 1.88. The summed E-state index contributed by atoms with van der Waals surface area (Å²) in [5.41, 5.74) is 1.82. The molecular weight excluding hydrogens is 356 g/mol. The molecule has 2 aliphatic heterocycles. The van der Waals surface area contributed by atoms with E-state index in [2.05, 4.69) is 4.99 Å². The fraction of sp³-hybridized carbons (Fsp3) is 0.294. The zero-order valence-corrected chi connectivity index (χ0v) is 15.3. The van der Waals surface area contributed by atoms with Gasteiger partial charge in [-0.15, -0.1) is 16.8 Å². The monoisotopic (exact) mass is 373 g/mol. The Hall–Kier alpha value is -2.81. The minimum atomic E-state index is -0.601. The van der Waals surface area contributed by atoms with E-state index in [1.807, 2.05) is 6.92 Å². The van der Waals surface area contributed by atoms with E-state index in [4.69, 9.17) is 0 Å². The number of thioether (sulfide) groups is 1. The van der Waals surface area contributed by atoms with E-state index in [0.29, 0.717) is 11.6 Å². The second kappa shape index (κ2) is 6.83. The fourth-order valence-electron chi connectivity index (χ4n) is 2.83. The van der Waals surface area contributed by atoms with Gasteiger partial charge in [-0.25, -0.2) is 4.79 Å². The number of nitro groups is 1. The van der Waals surface area contributed by atoms with Crippen LogP contribution >= 0.6 is 11.8 Å². The van der Waals surface area contributed by atoms with Crippen LogP contribution in [0.2, 0.25) is 0 Å². The number of urea groups is 1. The molecule has 0 aliphatic carbocycles. The van der Waals surface area contributed by atoms with Gasteiger partial charge in [0.1, 0.15) is 6.21 Å². The van der Waals surface area contributed by atoms with Gasteiger partial charge in [0.25, 0.3) is 11.5 Å². The summed E-state index contributed by atoms with van der Waals surface area (Å²) >= 11 is 1.48. The first-order valence-electron chi connectivity index (χ1n) is 7.84. The van der Waals surface area contributed by atoms with Crippen LogP contribution in [-0.2, 0) is 10.5 Å². The third kappa shape index (κ3) is 3.05. The van der Waals surface area contributed by atoms with E-state index in [9.17, 15) is 19.7 Å². The predicted molar refractivity (Wildman–Crippen MR) is 98.4 cm³/mol. The molecule has 1 aromatic rings. The van der Waals surface area contributed by atoms with E-state index >= 15 is 0 Å². The number of amides is 3. The summed E-state index contributed by atoms with van der Waals surface area (Å²) in [4.78, 5) is 41.3. The van der Waals surface area contributed by atoms with Gasteiger partial charge >= 0.3 is 11.9 Å². The van der Waals surface area contributed by atoms with E-state index in [1.54, 1.807) is 25.4 Å². The standard InChI is InChI=1S/C17H17N4O4S/c1-10-8-18-15-13(16(22)20(3)17(23)19(15)2)14(10)26-9-11-4-6-12(7-5-11)21(24)25/h4-8,13H,9H2,1-3H3/q+1. The highest BCUT2D eigenvalue weighted by molar-refractivity contribution is 8.02. The Morgan fingerprint density at radius 1 is 1.31 bits per heavy atom. The number of carbonyl (C=O) groups excluding carboxylic acids is 2. The summed E-state index contributed by atoms with van der Waals surface area (Å²) in [7, 11) is 3.06. The van der Waals surface area contributed by atoms with Crippen molar-refractivity contribution in [3.05, 3.63) is 50.4 Å². The highest BCUT2D eigenvalue weighted by Crippen LogP contribution is 2.36. The number of nitro benzene ring substituents is 1. The van der Waals surface area contributed by atoms with Crippen LogP contribution in [-0.4, -0.2) is 52.5 Å². The number of fused-ring (bicyclic) bond motifs is 1. The number of imide groups is 1. The van der Waals surface area contributed by atoms with Gasteiger partial charge in [0.15, 0.2) is 5.92 Å². The first kappa shape index (κ1) is 18.0. The maximum Gasteiger partial charge on any atom is 0.445 e. The number of hydrogen-bond donors (Lipinski definition) is 0. The van der Waals surface area contributed by atoms with Gasteiger partial charge in [-0.2, -0.15) is 9.48 Å². The Morgan fingerprint density at radius 2 is 1.96 bits per heavy atom. The number of carbonyl (C=O) groups is 2. The van der Waals surface area contributed by atoms with E-state index < -0.39 is 16.9 Å². The number of dihydropyridines is 1. The molecule has 1 unspecified atom stereocenters. The quantitative estimate of drug-likeness (QED) is 0.459. The number of nitrogens with zero attached hydrogens (tertiary/aromatic N) is 4. The molecule has 0 aromatic heterocycles. The molecule has 0 spiro atoms. The number of amidine groups is 1. The highest BCUT2D eigenvalue weighted by Gasteiger charge is 2.47. The van der Waals surface area contributed by atoms with E-state index in [0.717, 1.165) is 20.9 Å². The van der Waals surface area contributed by atoms with Gasteiger partial charge in [-0.05, 0) is 18.1 Å². The Morgan fingerprint density at radius 3 is 2.58 bits per heavy atom. The molecule has 3 rings (SSSR count). The summed E-state index contributed by atoms with van der Waals surface area (Å²) in [5.74, 6) is 0.0767. The molecule has 0 bridgehead atoms. The molecule has 8 nitrogen and oxygen atoms in total. The maximum atomic E-state index is 12.7. The molecule has 2 aliphatic rings. The van der Waals surface area contributed by atoms with E-state index in [-0.39, 0.29) is 11.6 Å². The van der Waals surface area contributed by atoms with Crippen molar-refractivity contribution in [2.75, 3.05) is 14.1 Å². The van der Waals surface area contributed by atoms with Gasteiger partial charge < -0.3 is 0 Å². The molecule has 1 aromatic carbocycles. The van der Waals surface area contributed by atoms with Gasteiger partial charge in [0.05, 0.1) is 19.0 Å². The van der Waals surface area contributed by atoms with Crippen LogP contribution < -0.4 is 0 Å². The third-order valence-electron chi connectivity index (χ3n) is 4.34. The lowest BCUT2D eigenvalue weighted by molar-refractivity contribution is -0.407. The number of non-ortho nitro benzene ring substituents is 1. The molecule has 0 radical (unpaired) electrons. The van der Waals surface area contributed by atoms with Crippen molar-refractivity contribution in [1.29, 1.82) is 0 Å². The van der Waals surface area contributed by atoms with Crippen LogP contribution in [0.4, 0.5) is 10.5 Å². The second-order valence-electron chi connectivity index (χ2n) is 6.05. The first-order valence-corrected chi connectivity index (χ1v) is 8.83. The molecule has 2 heterocycles. The summed E-state index contributed by atoms with van der Waals surface area (Å²) in [6.07, 6.45) is 1.66. The number of hydrogen-bond acceptors (Lipinski definition) is 6. The van der Waals surface area contributed by atoms with Crippen LogP contribution in [0.3, 0.4) is 0 Å². The minimum absolute atomic E-state index is 0.0405. The van der Waals surface area contributed by atoms with Crippen molar-refractivity contribution < 1.29 is 19.1 Å². The number of rotatable bonds is 4. The lowest BCUT2D eigenvalue weighted by Gasteiger charge is -2.27. The van der Waals surface area contributed by atoms with Crippen molar-refractivity contribution in [1.82, 2.24) is 4.90 Å². The number of aliphatic imine (C=N–C) groups is 1. The van der Waals surface area contributed by atoms with Gasteiger partial charge in [-0.3, -0.25) is 14.9 Å². The lowest BCUT2D eigenvalue weighted by Crippen LogP contribution is -2.52. The molecule has 0 fully saturated rings. The molecule has 0 saturated carbocycles. The smallest absolute Gasteiger partial charge is 0.258 e. The molecule has 0 N–H and O–H groups in total. The third-order valence-corrected chi connectivity index (χ3v) is 5.68. The maximum absolute atomic E-state index is 12.7. The molecular formula is C17H17N4O4S+. The molecule has 3 amide bonds. The molecule has 0 saturated heterocycles. The Balaban J connectivity index is 1.86. The van der Waals surface area contributed by atoms with Gasteiger partial charge in [0.2, 0.25) is 0 Å². The van der Waals surface area contributed by atoms with Crippen molar-refractivity contribution >= 4 is 41.4 Å². The zero-order valence-electron chi connectivity index (χ0n) is 14.5. The zero-order chi connectivity index (χ0) is 19.0. The number of allylic oxidation sites excluding steroid dienone is 1. The summed E-state index contributed by atoms with van der Waals surface area (Å²) in [5, 5.41) is 10.7. The summed E-state index contributed by atoms with van der Waals surface area (Å²) in [6, 6.07) is 5.92. The van der Waals surface area contributed by atoms with Gasteiger partial charge in [-0.1, -0.05) is 12.1 Å². The number of benzene rings is 1. The van der Waals surface area contributed by atoms with Crippen molar-refractivity contribution in [2.24, 2.45) is 10.9 Å². The first-order chi connectivity index (χ1) is 12.3. The molecule has 26 heavy (non-hydrogen) atoms. The Bertz CT molecular complexity index is 902. The average molecular weight is 373 g/mol. The molecule has 134 valence electrons. The van der Waals surface area contributed by atoms with Crippen molar-refractivity contribution in [2.45, 2.75) is 12.7 Å². The van der Waals surface area contributed by atoms with Crippen LogP contribution in [0.25, 0.3) is 0 Å². The van der Waals surface area contributed by atoms with Crippen molar-refractivity contribution in [3.8, 4) is 0 Å².